The zero-order valence-corrected chi connectivity index (χ0v) is 11.5. The Hall–Kier alpha value is -1.02. The second-order valence-corrected chi connectivity index (χ2v) is 5.51. The van der Waals surface area contributed by atoms with E-state index in [9.17, 15) is 0 Å². The Kier molecular flexibility index (Phi) is 4.65. The summed E-state index contributed by atoms with van der Waals surface area (Å²) in [4.78, 5) is 0. The van der Waals surface area contributed by atoms with Gasteiger partial charge in [0.1, 0.15) is 5.75 Å². The summed E-state index contributed by atoms with van der Waals surface area (Å²) in [5.74, 6) is 2.51. The largest absolute Gasteiger partial charge is 0.496 e. The molecule has 1 N–H and O–H groups in total. The Labute approximate surface area is 110 Å². The minimum absolute atomic E-state index is 0.216. The molecule has 1 aliphatic carbocycles. The van der Waals surface area contributed by atoms with E-state index >= 15 is 0 Å². The molecule has 100 valence electrons. The molecule has 1 fully saturated rings. The first-order valence-electron chi connectivity index (χ1n) is 7.02. The lowest BCUT2D eigenvalue weighted by atomic mass is 9.79. The Bertz CT molecular complexity index is 379. The van der Waals surface area contributed by atoms with Gasteiger partial charge in [-0.1, -0.05) is 31.9 Å². The summed E-state index contributed by atoms with van der Waals surface area (Å²) < 4.78 is 5.50. The summed E-state index contributed by atoms with van der Waals surface area (Å²) in [5.41, 5.74) is 2.56. The van der Waals surface area contributed by atoms with Crippen molar-refractivity contribution in [2.75, 3.05) is 13.7 Å². The lowest BCUT2D eigenvalue weighted by Crippen LogP contribution is -2.12. The summed E-state index contributed by atoms with van der Waals surface area (Å²) >= 11 is 0. The van der Waals surface area contributed by atoms with Gasteiger partial charge in [0, 0.05) is 6.61 Å². The summed E-state index contributed by atoms with van der Waals surface area (Å²) in [6, 6.07) is 6.35. The van der Waals surface area contributed by atoms with Crippen LogP contribution in [-0.4, -0.2) is 18.8 Å². The van der Waals surface area contributed by atoms with Gasteiger partial charge in [0.15, 0.2) is 0 Å². The van der Waals surface area contributed by atoms with Gasteiger partial charge in [-0.2, -0.15) is 0 Å². The minimum atomic E-state index is 0.216. The van der Waals surface area contributed by atoms with E-state index in [1.54, 1.807) is 7.11 Å². The highest BCUT2D eigenvalue weighted by atomic mass is 16.5. The van der Waals surface area contributed by atoms with E-state index in [1.165, 1.54) is 36.8 Å². The quantitative estimate of drug-likeness (QED) is 0.883. The number of ether oxygens (including phenoxy) is 1. The molecule has 0 aliphatic heterocycles. The van der Waals surface area contributed by atoms with Crippen LogP contribution in [0.5, 0.6) is 5.75 Å². The molecule has 1 aromatic rings. The standard InChI is InChI=1S/C16H24O2/c1-12-3-6-14(7-4-12)15-11-13(9-10-17)5-8-16(15)18-2/h5,8,11-12,14,17H,3-4,6-7,9-10H2,1-2H3. The van der Waals surface area contributed by atoms with Gasteiger partial charge in [0.05, 0.1) is 7.11 Å². The van der Waals surface area contributed by atoms with Crippen molar-refractivity contribution in [3.63, 3.8) is 0 Å². The van der Waals surface area contributed by atoms with Crippen LogP contribution in [0, 0.1) is 5.92 Å². The van der Waals surface area contributed by atoms with Gasteiger partial charge in [-0.15, -0.1) is 0 Å². The maximum atomic E-state index is 9.05. The monoisotopic (exact) mass is 248 g/mol. The SMILES string of the molecule is COc1ccc(CCO)cc1C1CCC(C)CC1. The molecule has 0 amide bonds. The number of rotatable bonds is 4. The molecule has 0 bridgehead atoms. The average Bonchev–Trinajstić information content (AvgIpc) is 2.40. The lowest BCUT2D eigenvalue weighted by Gasteiger charge is -2.28. The molecule has 2 rings (SSSR count). The molecule has 0 saturated heterocycles. The Morgan fingerprint density at radius 1 is 1.22 bits per heavy atom. The van der Waals surface area contributed by atoms with Crippen LogP contribution in [0.3, 0.4) is 0 Å². The fourth-order valence-electron chi connectivity index (χ4n) is 2.96. The predicted octanol–water partition coefficient (Wildman–Crippen LogP) is 3.52. The van der Waals surface area contributed by atoms with E-state index in [2.05, 4.69) is 25.1 Å². The number of aliphatic hydroxyl groups is 1. The third kappa shape index (κ3) is 3.05. The topological polar surface area (TPSA) is 29.5 Å². The van der Waals surface area contributed by atoms with Crippen LogP contribution in [0.15, 0.2) is 18.2 Å². The molecular formula is C16H24O2. The van der Waals surface area contributed by atoms with E-state index in [-0.39, 0.29) is 6.61 Å². The van der Waals surface area contributed by atoms with Gasteiger partial charge >= 0.3 is 0 Å². The smallest absolute Gasteiger partial charge is 0.122 e. The molecule has 1 aliphatic rings. The second kappa shape index (κ2) is 6.24. The molecule has 0 atom stereocenters. The van der Waals surface area contributed by atoms with E-state index < -0.39 is 0 Å². The number of aliphatic hydroxyl groups excluding tert-OH is 1. The summed E-state index contributed by atoms with van der Waals surface area (Å²) in [7, 11) is 1.75. The number of benzene rings is 1. The molecule has 0 aromatic heterocycles. The number of hydrogen-bond donors (Lipinski definition) is 1. The second-order valence-electron chi connectivity index (χ2n) is 5.51. The Balaban J connectivity index is 2.20. The van der Waals surface area contributed by atoms with Crippen molar-refractivity contribution >= 4 is 0 Å². The molecule has 1 aromatic carbocycles. The van der Waals surface area contributed by atoms with Crippen molar-refractivity contribution in [1.82, 2.24) is 0 Å². The molecule has 2 nitrogen and oxygen atoms in total. The van der Waals surface area contributed by atoms with E-state index in [4.69, 9.17) is 9.84 Å². The summed E-state index contributed by atoms with van der Waals surface area (Å²) in [5, 5.41) is 9.05. The molecule has 18 heavy (non-hydrogen) atoms. The molecule has 0 radical (unpaired) electrons. The zero-order valence-electron chi connectivity index (χ0n) is 11.5. The highest BCUT2D eigenvalue weighted by Gasteiger charge is 2.22. The third-order valence-corrected chi connectivity index (χ3v) is 4.15. The van der Waals surface area contributed by atoms with Gasteiger partial charge in [-0.25, -0.2) is 0 Å². The van der Waals surface area contributed by atoms with Gasteiger partial charge in [-0.3, -0.25) is 0 Å². The van der Waals surface area contributed by atoms with Crippen molar-refractivity contribution in [2.24, 2.45) is 5.92 Å². The van der Waals surface area contributed by atoms with Gasteiger partial charge < -0.3 is 9.84 Å². The molecule has 0 unspecified atom stereocenters. The van der Waals surface area contributed by atoms with E-state index in [0.717, 1.165) is 18.1 Å². The third-order valence-electron chi connectivity index (χ3n) is 4.15. The highest BCUT2D eigenvalue weighted by molar-refractivity contribution is 5.40. The normalized spacial score (nSPS) is 23.9. The van der Waals surface area contributed by atoms with Crippen LogP contribution in [0.1, 0.15) is 49.7 Å². The number of hydrogen-bond acceptors (Lipinski definition) is 2. The Morgan fingerprint density at radius 2 is 1.94 bits per heavy atom. The van der Waals surface area contributed by atoms with Gasteiger partial charge in [0.25, 0.3) is 0 Å². The van der Waals surface area contributed by atoms with Crippen LogP contribution in [-0.2, 0) is 6.42 Å². The first-order valence-corrected chi connectivity index (χ1v) is 7.02. The van der Waals surface area contributed by atoms with Crippen LogP contribution >= 0.6 is 0 Å². The molecule has 1 saturated carbocycles. The fraction of sp³-hybridized carbons (Fsp3) is 0.625. The van der Waals surface area contributed by atoms with Crippen molar-refractivity contribution in [2.45, 2.75) is 44.9 Å². The van der Waals surface area contributed by atoms with E-state index in [0.29, 0.717) is 5.92 Å². The van der Waals surface area contributed by atoms with Crippen LogP contribution in [0.25, 0.3) is 0 Å². The van der Waals surface area contributed by atoms with Crippen LogP contribution < -0.4 is 4.74 Å². The Morgan fingerprint density at radius 3 is 2.56 bits per heavy atom. The van der Waals surface area contributed by atoms with Gasteiger partial charge in [-0.05, 0) is 48.3 Å². The minimum Gasteiger partial charge on any atom is -0.496 e. The van der Waals surface area contributed by atoms with Crippen LogP contribution in [0.2, 0.25) is 0 Å². The average molecular weight is 248 g/mol. The first kappa shape index (κ1) is 13.4. The summed E-state index contributed by atoms with van der Waals surface area (Å²) in [6.45, 7) is 2.56. The van der Waals surface area contributed by atoms with Crippen molar-refractivity contribution in [3.8, 4) is 5.75 Å². The molecular weight excluding hydrogens is 224 g/mol. The maximum absolute atomic E-state index is 9.05. The van der Waals surface area contributed by atoms with Crippen molar-refractivity contribution < 1.29 is 9.84 Å². The molecule has 2 heteroatoms. The molecule has 0 heterocycles. The molecule has 0 spiro atoms. The van der Waals surface area contributed by atoms with Crippen molar-refractivity contribution in [1.29, 1.82) is 0 Å². The van der Waals surface area contributed by atoms with Crippen LogP contribution in [0.4, 0.5) is 0 Å². The predicted molar refractivity (Wildman–Crippen MR) is 74.2 cm³/mol. The lowest BCUT2D eigenvalue weighted by molar-refractivity contribution is 0.299. The number of methoxy groups -OCH3 is 1. The first-order chi connectivity index (χ1) is 8.74. The maximum Gasteiger partial charge on any atom is 0.122 e. The van der Waals surface area contributed by atoms with Crippen molar-refractivity contribution in [3.05, 3.63) is 29.3 Å². The van der Waals surface area contributed by atoms with Gasteiger partial charge in [0.2, 0.25) is 0 Å². The zero-order chi connectivity index (χ0) is 13.0. The summed E-state index contributed by atoms with van der Waals surface area (Å²) in [6.07, 6.45) is 5.90. The van der Waals surface area contributed by atoms with E-state index in [1.807, 2.05) is 0 Å². The highest BCUT2D eigenvalue weighted by Crippen LogP contribution is 2.39. The fourth-order valence-corrected chi connectivity index (χ4v) is 2.96.